The normalized spacial score (nSPS) is 15.8. The van der Waals surface area contributed by atoms with E-state index >= 15 is 0 Å². The van der Waals surface area contributed by atoms with Gasteiger partial charge >= 0.3 is 6.03 Å². The minimum Gasteiger partial charge on any atom is -0.497 e. The molecule has 3 rings (SSSR count). The molecule has 148 valence electrons. The molecule has 0 aromatic heterocycles. The zero-order chi connectivity index (χ0) is 20.1. The van der Waals surface area contributed by atoms with Crippen LogP contribution in [0.25, 0.3) is 0 Å². The Balaban J connectivity index is 1.69. The number of ether oxygens (including phenoxy) is 2. The highest BCUT2D eigenvalue weighted by molar-refractivity contribution is 5.99. The van der Waals surface area contributed by atoms with Crippen molar-refractivity contribution in [3.05, 3.63) is 48.3 Å². The standard InChI is InChI=1S/C20H22FN3O4/c1-27-16-10-15(11-17(12-16)28-2)22-19(25)18-4-3-9-24(18)20(26)23-14-7-5-13(21)6-8-14/h5-8,10-12,18H,3-4,9H2,1-2H3,(H,22,25)(H,23,26). The number of carbonyl (C=O) groups excluding carboxylic acids is 2. The number of amides is 3. The topological polar surface area (TPSA) is 79.9 Å². The van der Waals surface area contributed by atoms with Crippen LogP contribution >= 0.6 is 0 Å². The highest BCUT2D eigenvalue weighted by Gasteiger charge is 2.34. The summed E-state index contributed by atoms with van der Waals surface area (Å²) in [6.07, 6.45) is 1.28. The Kier molecular flexibility index (Phi) is 5.98. The van der Waals surface area contributed by atoms with Gasteiger partial charge < -0.3 is 25.0 Å². The largest absolute Gasteiger partial charge is 0.497 e. The quantitative estimate of drug-likeness (QED) is 0.823. The molecule has 1 aliphatic rings. The molecule has 0 radical (unpaired) electrons. The SMILES string of the molecule is COc1cc(NC(=O)C2CCCN2C(=O)Nc2ccc(F)cc2)cc(OC)c1. The number of hydrogen-bond donors (Lipinski definition) is 2. The maximum Gasteiger partial charge on any atom is 0.322 e. The maximum atomic E-state index is 13.0. The summed E-state index contributed by atoms with van der Waals surface area (Å²) in [5.74, 6) is 0.422. The van der Waals surface area contributed by atoms with Crippen molar-refractivity contribution < 1.29 is 23.5 Å². The molecule has 1 fully saturated rings. The molecule has 1 unspecified atom stereocenters. The fourth-order valence-electron chi connectivity index (χ4n) is 3.12. The first-order valence-corrected chi connectivity index (χ1v) is 8.87. The summed E-state index contributed by atoms with van der Waals surface area (Å²) < 4.78 is 23.4. The summed E-state index contributed by atoms with van der Waals surface area (Å²) in [4.78, 5) is 26.8. The van der Waals surface area contributed by atoms with E-state index in [2.05, 4.69) is 10.6 Å². The van der Waals surface area contributed by atoms with Crippen molar-refractivity contribution in [2.75, 3.05) is 31.4 Å². The number of halogens is 1. The summed E-state index contributed by atoms with van der Waals surface area (Å²) in [6.45, 7) is 0.465. The summed E-state index contributed by atoms with van der Waals surface area (Å²) >= 11 is 0. The van der Waals surface area contributed by atoms with Crippen molar-refractivity contribution in [3.8, 4) is 11.5 Å². The third-order valence-electron chi connectivity index (χ3n) is 4.53. The highest BCUT2D eigenvalue weighted by Crippen LogP contribution is 2.27. The Bertz CT molecular complexity index is 835. The van der Waals surface area contributed by atoms with E-state index < -0.39 is 12.1 Å². The fourth-order valence-corrected chi connectivity index (χ4v) is 3.12. The Morgan fingerprint density at radius 1 is 1.00 bits per heavy atom. The zero-order valence-electron chi connectivity index (χ0n) is 15.7. The molecule has 3 amide bonds. The molecule has 0 aliphatic carbocycles. The maximum absolute atomic E-state index is 13.0. The minimum atomic E-state index is -0.599. The number of nitrogens with one attached hydrogen (secondary N) is 2. The molecule has 28 heavy (non-hydrogen) atoms. The molecule has 7 nitrogen and oxygen atoms in total. The van der Waals surface area contributed by atoms with Gasteiger partial charge in [-0.2, -0.15) is 0 Å². The molecule has 0 saturated carbocycles. The van der Waals surface area contributed by atoms with Gasteiger partial charge in [-0.3, -0.25) is 4.79 Å². The molecule has 0 bridgehead atoms. The molecule has 1 atom stereocenters. The number of rotatable bonds is 5. The van der Waals surface area contributed by atoms with Crippen LogP contribution in [0.1, 0.15) is 12.8 Å². The zero-order valence-corrected chi connectivity index (χ0v) is 15.7. The predicted octanol–water partition coefficient (Wildman–Crippen LogP) is 3.48. The van der Waals surface area contributed by atoms with Crippen LogP contribution in [0.3, 0.4) is 0 Å². The number of anilines is 2. The monoisotopic (exact) mass is 387 g/mol. The van der Waals surface area contributed by atoms with Crippen LogP contribution in [0.4, 0.5) is 20.6 Å². The van der Waals surface area contributed by atoms with Crippen LogP contribution < -0.4 is 20.1 Å². The van der Waals surface area contributed by atoms with Crippen molar-refractivity contribution in [2.24, 2.45) is 0 Å². The molecule has 2 N–H and O–H groups in total. The van der Waals surface area contributed by atoms with Crippen molar-refractivity contribution in [1.29, 1.82) is 0 Å². The first-order chi connectivity index (χ1) is 13.5. The van der Waals surface area contributed by atoms with Gasteiger partial charge in [0.25, 0.3) is 0 Å². The molecular formula is C20H22FN3O4. The fraction of sp³-hybridized carbons (Fsp3) is 0.300. The summed E-state index contributed by atoms with van der Waals surface area (Å²) in [5, 5.41) is 5.52. The average molecular weight is 387 g/mol. The minimum absolute atomic E-state index is 0.290. The van der Waals surface area contributed by atoms with Crippen molar-refractivity contribution in [3.63, 3.8) is 0 Å². The number of hydrogen-bond acceptors (Lipinski definition) is 4. The van der Waals surface area contributed by atoms with Crippen LogP contribution in [0, 0.1) is 5.82 Å². The van der Waals surface area contributed by atoms with Crippen LogP contribution in [0.5, 0.6) is 11.5 Å². The van der Waals surface area contributed by atoms with Crippen LogP contribution in [0.15, 0.2) is 42.5 Å². The number of benzene rings is 2. The van der Waals surface area contributed by atoms with Gasteiger partial charge in [-0.1, -0.05) is 0 Å². The highest BCUT2D eigenvalue weighted by atomic mass is 19.1. The van der Waals surface area contributed by atoms with Crippen LogP contribution in [-0.2, 0) is 4.79 Å². The second kappa shape index (κ2) is 8.60. The predicted molar refractivity (Wildman–Crippen MR) is 103 cm³/mol. The molecule has 8 heteroatoms. The Morgan fingerprint density at radius 3 is 2.25 bits per heavy atom. The van der Waals surface area contributed by atoms with E-state index in [-0.39, 0.29) is 11.7 Å². The Labute approximate surface area is 162 Å². The third-order valence-corrected chi connectivity index (χ3v) is 4.53. The summed E-state index contributed by atoms with van der Waals surface area (Å²) in [7, 11) is 3.05. The summed E-state index contributed by atoms with van der Waals surface area (Å²) in [6, 6.07) is 9.54. The molecule has 1 heterocycles. The average Bonchev–Trinajstić information content (AvgIpc) is 3.19. The van der Waals surface area contributed by atoms with Gasteiger partial charge in [-0.05, 0) is 37.1 Å². The van der Waals surface area contributed by atoms with Crippen LogP contribution in [-0.4, -0.2) is 43.6 Å². The second-order valence-electron chi connectivity index (χ2n) is 6.38. The van der Waals surface area contributed by atoms with Crippen molar-refractivity contribution in [1.82, 2.24) is 4.90 Å². The molecule has 1 saturated heterocycles. The number of urea groups is 1. The Hall–Kier alpha value is -3.29. The van der Waals surface area contributed by atoms with Crippen LogP contribution in [0.2, 0.25) is 0 Å². The first-order valence-electron chi connectivity index (χ1n) is 8.87. The van der Waals surface area contributed by atoms with E-state index in [9.17, 15) is 14.0 Å². The van der Waals surface area contributed by atoms with Gasteiger partial charge in [0.15, 0.2) is 0 Å². The van der Waals surface area contributed by atoms with E-state index in [1.54, 1.807) is 18.2 Å². The number of methoxy groups -OCH3 is 2. The first kappa shape index (κ1) is 19.5. The van der Waals surface area contributed by atoms with Crippen molar-refractivity contribution >= 4 is 23.3 Å². The van der Waals surface area contributed by atoms with E-state index in [0.717, 1.165) is 6.42 Å². The van der Waals surface area contributed by atoms with Gasteiger partial charge in [0, 0.05) is 36.1 Å². The number of carbonyl (C=O) groups is 2. The molecule has 0 spiro atoms. The second-order valence-corrected chi connectivity index (χ2v) is 6.38. The number of nitrogens with zero attached hydrogens (tertiary/aromatic N) is 1. The van der Waals surface area contributed by atoms with Crippen molar-refractivity contribution in [2.45, 2.75) is 18.9 Å². The lowest BCUT2D eigenvalue weighted by atomic mass is 10.2. The van der Waals surface area contributed by atoms with Gasteiger partial charge in [-0.15, -0.1) is 0 Å². The lowest BCUT2D eigenvalue weighted by Gasteiger charge is -2.24. The van der Waals surface area contributed by atoms with Gasteiger partial charge in [-0.25, -0.2) is 9.18 Å². The summed E-state index contributed by atoms with van der Waals surface area (Å²) in [5.41, 5.74) is 0.988. The Morgan fingerprint density at radius 2 is 1.64 bits per heavy atom. The van der Waals surface area contributed by atoms with E-state index in [1.807, 2.05) is 0 Å². The smallest absolute Gasteiger partial charge is 0.322 e. The molecule has 1 aliphatic heterocycles. The van der Waals surface area contributed by atoms with E-state index in [0.29, 0.717) is 35.8 Å². The van der Waals surface area contributed by atoms with E-state index in [4.69, 9.17) is 9.47 Å². The van der Waals surface area contributed by atoms with Gasteiger partial charge in [0.1, 0.15) is 23.4 Å². The van der Waals surface area contributed by atoms with E-state index in [1.165, 1.54) is 43.4 Å². The molecular weight excluding hydrogens is 365 g/mol. The van der Waals surface area contributed by atoms with Gasteiger partial charge in [0.2, 0.25) is 5.91 Å². The number of likely N-dealkylation sites (tertiary alicyclic amines) is 1. The third kappa shape index (κ3) is 4.51. The lowest BCUT2D eigenvalue weighted by molar-refractivity contribution is -0.119. The molecule has 2 aromatic carbocycles. The van der Waals surface area contributed by atoms with Gasteiger partial charge in [0.05, 0.1) is 14.2 Å². The molecule has 2 aromatic rings. The lowest BCUT2D eigenvalue weighted by Crippen LogP contribution is -2.45.